The van der Waals surface area contributed by atoms with Gasteiger partial charge in [0.15, 0.2) is 0 Å². The molecule has 0 unspecified atom stereocenters. The number of anilines is 1. The molecule has 0 saturated carbocycles. The number of aliphatic hydroxyl groups is 2. The first-order valence-corrected chi connectivity index (χ1v) is 10.7. The number of aliphatic hydroxyl groups excluding tert-OH is 2. The SMILES string of the molecule is O=S(=O)(Nc1cccc2ccc(CNC(CO)CO)nc12)c1ccc(C(F)(F)F)cc1. The maximum absolute atomic E-state index is 12.7. The van der Waals surface area contributed by atoms with Gasteiger partial charge in [-0.15, -0.1) is 0 Å². The highest BCUT2D eigenvalue weighted by atomic mass is 32.2. The van der Waals surface area contributed by atoms with E-state index in [4.69, 9.17) is 10.2 Å². The van der Waals surface area contributed by atoms with E-state index in [-0.39, 0.29) is 30.3 Å². The molecule has 0 spiro atoms. The van der Waals surface area contributed by atoms with Gasteiger partial charge in [-0.25, -0.2) is 13.4 Å². The number of pyridine rings is 1. The average molecular weight is 455 g/mol. The second-order valence-corrected chi connectivity index (χ2v) is 8.43. The smallest absolute Gasteiger partial charge is 0.395 e. The quantitative estimate of drug-likeness (QED) is 0.415. The molecule has 3 aromatic rings. The highest BCUT2D eigenvalue weighted by Crippen LogP contribution is 2.30. The molecule has 2 aromatic carbocycles. The Balaban J connectivity index is 1.88. The summed E-state index contributed by atoms with van der Waals surface area (Å²) in [5.41, 5.74) is 0.113. The summed E-state index contributed by atoms with van der Waals surface area (Å²) < 4.78 is 66.0. The van der Waals surface area contributed by atoms with Gasteiger partial charge in [0.05, 0.1) is 46.6 Å². The first-order valence-electron chi connectivity index (χ1n) is 9.18. The van der Waals surface area contributed by atoms with Gasteiger partial charge in [0.25, 0.3) is 10.0 Å². The topological polar surface area (TPSA) is 112 Å². The first-order chi connectivity index (χ1) is 14.6. The van der Waals surface area contributed by atoms with Crippen molar-refractivity contribution in [3.8, 4) is 0 Å². The van der Waals surface area contributed by atoms with E-state index in [2.05, 4.69) is 15.0 Å². The minimum atomic E-state index is -4.56. The van der Waals surface area contributed by atoms with Crippen LogP contribution in [0.4, 0.5) is 18.9 Å². The number of para-hydroxylation sites is 1. The van der Waals surface area contributed by atoms with Crippen LogP contribution in [0.2, 0.25) is 0 Å². The number of halogens is 3. The fourth-order valence-corrected chi connectivity index (χ4v) is 3.90. The number of alkyl halides is 3. The molecule has 31 heavy (non-hydrogen) atoms. The lowest BCUT2D eigenvalue weighted by atomic mass is 10.1. The molecule has 0 saturated heterocycles. The van der Waals surface area contributed by atoms with E-state index < -0.39 is 27.8 Å². The van der Waals surface area contributed by atoms with Gasteiger partial charge in [-0.05, 0) is 36.4 Å². The van der Waals surface area contributed by atoms with Crippen LogP contribution in [-0.4, -0.2) is 42.9 Å². The fraction of sp³-hybridized carbons (Fsp3) is 0.250. The van der Waals surface area contributed by atoms with Gasteiger partial charge in [-0.2, -0.15) is 13.2 Å². The van der Waals surface area contributed by atoms with Crippen LogP contribution in [0.1, 0.15) is 11.3 Å². The summed E-state index contributed by atoms with van der Waals surface area (Å²) in [7, 11) is -4.15. The van der Waals surface area contributed by atoms with E-state index in [1.54, 1.807) is 24.3 Å². The molecule has 7 nitrogen and oxygen atoms in total. The van der Waals surface area contributed by atoms with Gasteiger partial charge in [-0.3, -0.25) is 4.72 Å². The van der Waals surface area contributed by atoms with Crippen molar-refractivity contribution in [1.82, 2.24) is 10.3 Å². The minimum Gasteiger partial charge on any atom is -0.395 e. The van der Waals surface area contributed by atoms with Crippen molar-refractivity contribution in [2.75, 3.05) is 17.9 Å². The molecule has 0 aliphatic rings. The predicted octanol–water partition coefficient (Wildman–Crippen LogP) is 2.50. The number of rotatable bonds is 8. The molecule has 1 aromatic heterocycles. The number of fused-ring (bicyclic) bond motifs is 1. The second kappa shape index (κ2) is 9.18. The van der Waals surface area contributed by atoms with E-state index in [0.717, 1.165) is 12.1 Å². The van der Waals surface area contributed by atoms with Crippen LogP contribution in [0, 0.1) is 0 Å². The molecule has 0 bridgehead atoms. The van der Waals surface area contributed by atoms with Crippen molar-refractivity contribution in [2.45, 2.75) is 23.7 Å². The lowest BCUT2D eigenvalue weighted by molar-refractivity contribution is -0.137. The van der Waals surface area contributed by atoms with Crippen LogP contribution in [-0.2, 0) is 22.7 Å². The Labute approximate surface area is 176 Å². The molecule has 166 valence electrons. The number of nitrogens with zero attached hydrogens (tertiary/aromatic N) is 1. The Kier molecular flexibility index (Phi) is 6.80. The summed E-state index contributed by atoms with van der Waals surface area (Å²) in [6.07, 6.45) is -4.56. The number of sulfonamides is 1. The van der Waals surface area contributed by atoms with Crippen LogP contribution < -0.4 is 10.0 Å². The third-order valence-corrected chi connectivity index (χ3v) is 5.91. The Morgan fingerprint density at radius 2 is 1.65 bits per heavy atom. The Hall–Kier alpha value is -2.73. The molecule has 0 amide bonds. The lowest BCUT2D eigenvalue weighted by Gasteiger charge is -2.14. The molecule has 0 fully saturated rings. The van der Waals surface area contributed by atoms with E-state index in [9.17, 15) is 21.6 Å². The van der Waals surface area contributed by atoms with Gasteiger partial charge in [0.1, 0.15) is 0 Å². The number of hydrogen-bond donors (Lipinski definition) is 4. The molecule has 1 heterocycles. The van der Waals surface area contributed by atoms with Crippen molar-refractivity contribution in [1.29, 1.82) is 0 Å². The van der Waals surface area contributed by atoms with Crippen molar-refractivity contribution in [3.05, 3.63) is 65.9 Å². The highest BCUT2D eigenvalue weighted by molar-refractivity contribution is 7.92. The van der Waals surface area contributed by atoms with Gasteiger partial charge < -0.3 is 15.5 Å². The molecule has 3 rings (SSSR count). The Bertz CT molecular complexity index is 1150. The molecule has 0 aliphatic heterocycles. The first kappa shape index (κ1) is 22.9. The number of aromatic nitrogens is 1. The zero-order valence-electron chi connectivity index (χ0n) is 16.1. The van der Waals surface area contributed by atoms with Crippen molar-refractivity contribution < 1.29 is 31.8 Å². The summed E-state index contributed by atoms with van der Waals surface area (Å²) in [6.45, 7) is -0.299. The summed E-state index contributed by atoms with van der Waals surface area (Å²) in [6, 6.07) is 11.0. The summed E-state index contributed by atoms with van der Waals surface area (Å²) >= 11 is 0. The Morgan fingerprint density at radius 1 is 0.968 bits per heavy atom. The highest BCUT2D eigenvalue weighted by Gasteiger charge is 2.30. The standard InChI is InChI=1S/C20H20F3N3O4S/c21-20(22,23)14-5-8-17(9-6-14)31(29,30)26-18-3-1-2-13-4-7-15(25-19(13)18)10-24-16(11-27)12-28/h1-9,16,24,26-28H,10-12H2. The largest absolute Gasteiger partial charge is 0.416 e. The van der Waals surface area contributed by atoms with Crippen molar-refractivity contribution in [3.63, 3.8) is 0 Å². The van der Waals surface area contributed by atoms with E-state index in [1.807, 2.05) is 0 Å². The van der Waals surface area contributed by atoms with Gasteiger partial charge in [-0.1, -0.05) is 18.2 Å². The van der Waals surface area contributed by atoms with E-state index >= 15 is 0 Å². The lowest BCUT2D eigenvalue weighted by Crippen LogP contribution is -2.35. The number of hydrogen-bond acceptors (Lipinski definition) is 6. The molecule has 0 aliphatic carbocycles. The van der Waals surface area contributed by atoms with Gasteiger partial charge >= 0.3 is 6.18 Å². The molecule has 11 heteroatoms. The molecular formula is C20H20F3N3O4S. The normalized spacial score (nSPS) is 12.5. The summed E-state index contributed by atoms with van der Waals surface area (Å²) in [5, 5.41) is 21.8. The van der Waals surface area contributed by atoms with Gasteiger partial charge in [0, 0.05) is 11.9 Å². The number of nitrogens with one attached hydrogen (secondary N) is 2. The molecule has 4 N–H and O–H groups in total. The van der Waals surface area contributed by atoms with Gasteiger partial charge in [0.2, 0.25) is 0 Å². The van der Waals surface area contributed by atoms with E-state index in [0.29, 0.717) is 28.7 Å². The zero-order valence-corrected chi connectivity index (χ0v) is 16.9. The molecule has 0 radical (unpaired) electrons. The van der Waals surface area contributed by atoms with Crippen LogP contribution in [0.3, 0.4) is 0 Å². The molecular weight excluding hydrogens is 435 g/mol. The zero-order chi connectivity index (χ0) is 22.6. The maximum atomic E-state index is 12.7. The van der Waals surface area contributed by atoms with E-state index in [1.165, 1.54) is 6.07 Å². The minimum absolute atomic E-state index is 0.167. The summed E-state index contributed by atoms with van der Waals surface area (Å²) in [5.74, 6) is 0. The second-order valence-electron chi connectivity index (χ2n) is 6.75. The van der Waals surface area contributed by atoms with Crippen molar-refractivity contribution >= 4 is 26.6 Å². The monoisotopic (exact) mass is 455 g/mol. The Morgan fingerprint density at radius 3 is 2.26 bits per heavy atom. The van der Waals surface area contributed by atoms with Crippen molar-refractivity contribution in [2.24, 2.45) is 0 Å². The summed E-state index contributed by atoms with van der Waals surface area (Å²) in [4.78, 5) is 4.12. The van der Waals surface area contributed by atoms with Crippen LogP contribution in [0.5, 0.6) is 0 Å². The van der Waals surface area contributed by atoms with Crippen LogP contribution >= 0.6 is 0 Å². The third-order valence-electron chi connectivity index (χ3n) is 4.53. The fourth-order valence-electron chi connectivity index (χ4n) is 2.83. The van der Waals surface area contributed by atoms with Crippen LogP contribution in [0.25, 0.3) is 10.9 Å². The number of benzene rings is 2. The average Bonchev–Trinajstić information content (AvgIpc) is 2.74. The predicted molar refractivity (Wildman–Crippen MR) is 109 cm³/mol. The van der Waals surface area contributed by atoms with Crippen LogP contribution in [0.15, 0.2) is 59.5 Å². The molecule has 0 atom stereocenters. The maximum Gasteiger partial charge on any atom is 0.416 e. The third kappa shape index (κ3) is 5.50.